The Morgan fingerprint density at radius 1 is 1.23 bits per heavy atom. The Hall–Kier alpha value is -2.01. The van der Waals surface area contributed by atoms with Gasteiger partial charge in [-0.15, -0.1) is 0 Å². The predicted octanol–water partition coefficient (Wildman–Crippen LogP) is 5.01. The van der Waals surface area contributed by atoms with Crippen LogP contribution in [0.4, 0.5) is 5.69 Å². The average molecular weight is 446 g/mol. The van der Waals surface area contributed by atoms with Crippen LogP contribution < -0.4 is 15.5 Å². The van der Waals surface area contributed by atoms with Gasteiger partial charge in [0.1, 0.15) is 0 Å². The molecule has 3 rings (SSSR count). The summed E-state index contributed by atoms with van der Waals surface area (Å²) in [6, 6.07) is 3.84. The first-order valence-corrected chi connectivity index (χ1v) is 12.0. The summed E-state index contributed by atoms with van der Waals surface area (Å²) in [7, 11) is 0. The van der Waals surface area contributed by atoms with Crippen LogP contribution in [0.1, 0.15) is 75.2 Å². The summed E-state index contributed by atoms with van der Waals surface area (Å²) in [5.74, 6) is 0.415. The molecule has 0 bridgehead atoms. The molecule has 170 valence electrons. The number of benzene rings is 1. The number of anilines is 1. The molecule has 31 heavy (non-hydrogen) atoms. The van der Waals surface area contributed by atoms with Gasteiger partial charge in [0.15, 0.2) is 0 Å². The van der Waals surface area contributed by atoms with E-state index in [-0.39, 0.29) is 24.4 Å². The third-order valence-electron chi connectivity index (χ3n) is 6.72. The van der Waals surface area contributed by atoms with Crippen molar-refractivity contribution in [1.82, 2.24) is 10.6 Å². The minimum atomic E-state index is -0.193. The number of nitrogens with one attached hydrogen (secondary N) is 2. The fourth-order valence-corrected chi connectivity index (χ4v) is 5.15. The van der Waals surface area contributed by atoms with Crippen molar-refractivity contribution < 1.29 is 9.59 Å². The Bertz CT molecular complexity index is 859. The van der Waals surface area contributed by atoms with E-state index in [4.69, 9.17) is 11.6 Å². The van der Waals surface area contributed by atoms with Crippen LogP contribution in [0.25, 0.3) is 0 Å². The zero-order valence-electron chi connectivity index (χ0n) is 19.3. The van der Waals surface area contributed by atoms with Gasteiger partial charge in [-0.05, 0) is 70.6 Å². The number of amides is 2. The Labute approximate surface area is 191 Å². The molecular weight excluding hydrogens is 410 g/mol. The normalized spacial score (nSPS) is 19.9. The average Bonchev–Trinajstić information content (AvgIpc) is 2.73. The summed E-state index contributed by atoms with van der Waals surface area (Å²) in [5.41, 5.74) is 4.23. The van der Waals surface area contributed by atoms with Gasteiger partial charge in [0.05, 0.1) is 0 Å². The first kappa shape index (κ1) is 23.6. The molecule has 2 aliphatic rings. The van der Waals surface area contributed by atoms with E-state index in [1.807, 2.05) is 26.8 Å². The Balaban J connectivity index is 1.76. The highest BCUT2D eigenvalue weighted by Gasteiger charge is 2.24. The molecular formula is C25H36ClN3O2. The first-order valence-electron chi connectivity index (χ1n) is 11.6. The van der Waals surface area contributed by atoms with Crippen LogP contribution in [0.5, 0.6) is 0 Å². The Kier molecular flexibility index (Phi) is 8.04. The lowest BCUT2D eigenvalue weighted by molar-refractivity contribution is -0.118. The summed E-state index contributed by atoms with van der Waals surface area (Å²) in [4.78, 5) is 27.7. The molecule has 1 heterocycles. The van der Waals surface area contributed by atoms with E-state index in [2.05, 4.69) is 22.5 Å². The van der Waals surface area contributed by atoms with E-state index >= 15 is 0 Å². The standard InChI is InChI=1S/C25H36ClN3O2/c1-5-29(15-19-9-7-6-8-10-19)23-13-20(26)12-21(18(23)4)24(30)27-14-22-16(2)11-17(3)28-25(22)31/h12-13,17,19H,5-11,14-15H2,1-4H3,(H,27,30)(H,28,31). The molecule has 1 aromatic rings. The molecule has 1 saturated carbocycles. The van der Waals surface area contributed by atoms with Crippen molar-refractivity contribution in [1.29, 1.82) is 0 Å². The first-order chi connectivity index (χ1) is 14.8. The topological polar surface area (TPSA) is 61.4 Å². The summed E-state index contributed by atoms with van der Waals surface area (Å²) in [5, 5.41) is 6.44. The van der Waals surface area contributed by atoms with Crippen molar-refractivity contribution >= 4 is 29.1 Å². The molecule has 1 aliphatic heterocycles. The second kappa shape index (κ2) is 10.5. The number of halogens is 1. The number of nitrogens with zero attached hydrogens (tertiary/aromatic N) is 1. The lowest BCUT2D eigenvalue weighted by atomic mass is 9.88. The highest BCUT2D eigenvalue weighted by molar-refractivity contribution is 6.31. The molecule has 0 saturated heterocycles. The summed E-state index contributed by atoms with van der Waals surface area (Å²) < 4.78 is 0. The maximum atomic E-state index is 13.0. The van der Waals surface area contributed by atoms with Crippen LogP contribution >= 0.6 is 11.6 Å². The minimum Gasteiger partial charge on any atom is -0.371 e. The van der Waals surface area contributed by atoms with Gasteiger partial charge < -0.3 is 15.5 Å². The summed E-state index contributed by atoms with van der Waals surface area (Å²) in [6.45, 7) is 10.2. The maximum absolute atomic E-state index is 13.0. The van der Waals surface area contributed by atoms with Gasteiger partial charge in [0, 0.05) is 47.5 Å². The van der Waals surface area contributed by atoms with Crippen molar-refractivity contribution in [2.24, 2.45) is 5.92 Å². The molecule has 0 spiro atoms. The summed E-state index contributed by atoms with van der Waals surface area (Å²) >= 11 is 6.44. The molecule has 1 unspecified atom stereocenters. The van der Waals surface area contributed by atoms with Gasteiger partial charge in [-0.25, -0.2) is 0 Å². The van der Waals surface area contributed by atoms with Crippen LogP contribution in [-0.4, -0.2) is 37.5 Å². The van der Waals surface area contributed by atoms with Gasteiger partial charge in [-0.1, -0.05) is 36.4 Å². The van der Waals surface area contributed by atoms with Crippen LogP contribution in [0.2, 0.25) is 5.02 Å². The van der Waals surface area contributed by atoms with Crippen molar-refractivity contribution in [3.63, 3.8) is 0 Å². The monoisotopic (exact) mass is 445 g/mol. The smallest absolute Gasteiger partial charge is 0.251 e. The fraction of sp³-hybridized carbons (Fsp3) is 0.600. The Morgan fingerprint density at radius 2 is 1.94 bits per heavy atom. The van der Waals surface area contributed by atoms with Crippen molar-refractivity contribution in [3.05, 3.63) is 39.4 Å². The second-order valence-electron chi connectivity index (χ2n) is 9.16. The zero-order valence-corrected chi connectivity index (χ0v) is 20.1. The van der Waals surface area contributed by atoms with E-state index in [0.717, 1.165) is 36.3 Å². The molecule has 2 N–H and O–H groups in total. The van der Waals surface area contributed by atoms with E-state index < -0.39 is 0 Å². The molecule has 0 aromatic heterocycles. The number of hydrogen-bond donors (Lipinski definition) is 2. The summed E-state index contributed by atoms with van der Waals surface area (Å²) in [6.07, 6.45) is 7.33. The van der Waals surface area contributed by atoms with Crippen LogP contribution in [0.3, 0.4) is 0 Å². The minimum absolute atomic E-state index is 0.0929. The molecule has 2 amide bonds. The van der Waals surface area contributed by atoms with E-state index in [0.29, 0.717) is 22.1 Å². The number of carbonyl (C=O) groups is 2. The lowest BCUT2D eigenvalue weighted by Gasteiger charge is -2.32. The van der Waals surface area contributed by atoms with E-state index in [1.165, 1.54) is 32.1 Å². The third-order valence-corrected chi connectivity index (χ3v) is 6.94. The van der Waals surface area contributed by atoms with Crippen LogP contribution in [0, 0.1) is 12.8 Å². The van der Waals surface area contributed by atoms with Crippen molar-refractivity contribution in [2.75, 3.05) is 24.5 Å². The van der Waals surface area contributed by atoms with Gasteiger partial charge in [0.2, 0.25) is 5.91 Å². The predicted molar refractivity (Wildman–Crippen MR) is 128 cm³/mol. The van der Waals surface area contributed by atoms with Gasteiger partial charge in [0.25, 0.3) is 5.91 Å². The van der Waals surface area contributed by atoms with Crippen molar-refractivity contribution in [2.45, 2.75) is 72.3 Å². The third kappa shape index (κ3) is 5.82. The molecule has 0 radical (unpaired) electrons. The molecule has 1 atom stereocenters. The largest absolute Gasteiger partial charge is 0.371 e. The lowest BCUT2D eigenvalue weighted by Crippen LogP contribution is -2.41. The Morgan fingerprint density at radius 3 is 2.58 bits per heavy atom. The number of rotatable bonds is 7. The SMILES string of the molecule is CCN(CC1CCCCC1)c1cc(Cl)cc(C(=O)NCC2=C(C)CC(C)NC2=O)c1C. The van der Waals surface area contributed by atoms with E-state index in [1.54, 1.807) is 6.07 Å². The van der Waals surface area contributed by atoms with E-state index in [9.17, 15) is 9.59 Å². The molecule has 6 heteroatoms. The quantitative estimate of drug-likeness (QED) is 0.620. The molecule has 1 aromatic carbocycles. The highest BCUT2D eigenvalue weighted by atomic mass is 35.5. The number of carbonyl (C=O) groups excluding carboxylic acids is 2. The van der Waals surface area contributed by atoms with Gasteiger partial charge in [-0.3, -0.25) is 9.59 Å². The zero-order chi connectivity index (χ0) is 22.5. The molecule has 1 aliphatic carbocycles. The maximum Gasteiger partial charge on any atom is 0.251 e. The molecule has 5 nitrogen and oxygen atoms in total. The second-order valence-corrected chi connectivity index (χ2v) is 9.60. The van der Waals surface area contributed by atoms with Crippen molar-refractivity contribution in [3.8, 4) is 0 Å². The van der Waals surface area contributed by atoms with Gasteiger partial charge in [-0.2, -0.15) is 0 Å². The van der Waals surface area contributed by atoms with Gasteiger partial charge >= 0.3 is 0 Å². The van der Waals surface area contributed by atoms with Crippen LogP contribution in [-0.2, 0) is 4.79 Å². The molecule has 1 fully saturated rings. The highest BCUT2D eigenvalue weighted by Crippen LogP contribution is 2.31. The number of hydrogen-bond acceptors (Lipinski definition) is 3. The van der Waals surface area contributed by atoms with Crippen LogP contribution in [0.15, 0.2) is 23.3 Å². The fourth-order valence-electron chi connectivity index (χ4n) is 4.94.